The number of H-pyrrole nitrogens is 1. The summed E-state index contributed by atoms with van der Waals surface area (Å²) in [6, 6.07) is 15.9. The predicted molar refractivity (Wildman–Crippen MR) is 116 cm³/mol. The second-order valence-corrected chi connectivity index (χ2v) is 7.42. The van der Waals surface area contributed by atoms with Gasteiger partial charge in [-0.05, 0) is 22.3 Å². The zero-order chi connectivity index (χ0) is 23.4. The van der Waals surface area contributed by atoms with Crippen molar-refractivity contribution in [2.75, 3.05) is 18.5 Å². The van der Waals surface area contributed by atoms with Crippen LogP contribution >= 0.6 is 0 Å². The van der Waals surface area contributed by atoms with Crippen molar-refractivity contribution >= 4 is 23.9 Å². The summed E-state index contributed by atoms with van der Waals surface area (Å²) in [5.41, 5.74) is 4.38. The summed E-state index contributed by atoms with van der Waals surface area (Å²) in [5.74, 6) is -2.39. The van der Waals surface area contributed by atoms with Crippen molar-refractivity contribution < 1.29 is 29.3 Å². The van der Waals surface area contributed by atoms with Crippen LogP contribution in [0.3, 0.4) is 0 Å². The lowest BCUT2D eigenvalue weighted by Gasteiger charge is -2.13. The van der Waals surface area contributed by atoms with E-state index >= 15 is 0 Å². The second-order valence-electron chi connectivity index (χ2n) is 7.42. The molecule has 0 spiro atoms. The number of aromatic nitrogens is 3. The summed E-state index contributed by atoms with van der Waals surface area (Å²) in [7, 11) is 0. The number of ether oxygens (including phenoxy) is 1. The number of anilines is 1. The van der Waals surface area contributed by atoms with Crippen LogP contribution in [-0.2, 0) is 9.53 Å². The molecule has 33 heavy (non-hydrogen) atoms. The van der Waals surface area contributed by atoms with Crippen molar-refractivity contribution in [3.63, 3.8) is 0 Å². The number of rotatable bonds is 8. The first-order valence-electron chi connectivity index (χ1n) is 10.1. The average Bonchev–Trinajstić information content (AvgIpc) is 3.38. The normalized spacial score (nSPS) is 13.0. The van der Waals surface area contributed by atoms with Crippen molar-refractivity contribution in [1.82, 2.24) is 20.5 Å². The first kappa shape index (κ1) is 22.0. The van der Waals surface area contributed by atoms with Gasteiger partial charge in [0.1, 0.15) is 6.61 Å². The Bertz CT molecular complexity index is 1150. The van der Waals surface area contributed by atoms with Crippen LogP contribution in [-0.4, -0.2) is 62.6 Å². The van der Waals surface area contributed by atoms with Crippen molar-refractivity contribution in [2.24, 2.45) is 0 Å². The molecule has 0 radical (unpaired) electrons. The van der Waals surface area contributed by atoms with E-state index in [2.05, 4.69) is 25.8 Å². The highest BCUT2D eigenvalue weighted by atomic mass is 16.5. The van der Waals surface area contributed by atoms with Crippen molar-refractivity contribution in [3.8, 4) is 11.1 Å². The van der Waals surface area contributed by atoms with Gasteiger partial charge >= 0.3 is 12.1 Å². The highest BCUT2D eigenvalue weighted by Gasteiger charge is 2.29. The molecular weight excluding hydrogens is 430 g/mol. The number of carbonyl (C=O) groups is 3. The number of aromatic amines is 1. The number of carboxylic acids is 1. The van der Waals surface area contributed by atoms with Gasteiger partial charge in [0.25, 0.3) is 11.9 Å². The number of fused-ring (bicyclic) bond motifs is 3. The summed E-state index contributed by atoms with van der Waals surface area (Å²) in [4.78, 5) is 38.7. The summed E-state index contributed by atoms with van der Waals surface area (Å²) < 4.78 is 5.40. The summed E-state index contributed by atoms with van der Waals surface area (Å²) >= 11 is 0. The van der Waals surface area contributed by atoms with Gasteiger partial charge < -0.3 is 20.3 Å². The maximum Gasteiger partial charge on any atom is 0.414 e. The van der Waals surface area contributed by atoms with Crippen LogP contribution in [0.2, 0.25) is 0 Å². The Morgan fingerprint density at radius 1 is 1.06 bits per heavy atom. The molecule has 170 valence electrons. The Balaban J connectivity index is 1.32. The molecule has 0 aliphatic heterocycles. The number of aliphatic hydroxyl groups excluding tert-OH is 1. The Morgan fingerprint density at radius 3 is 2.33 bits per heavy atom. The number of aliphatic carboxylic acids is 1. The fourth-order valence-corrected chi connectivity index (χ4v) is 3.71. The Labute approximate surface area is 187 Å². The lowest BCUT2D eigenvalue weighted by Crippen LogP contribution is -2.33. The molecule has 5 N–H and O–H groups in total. The van der Waals surface area contributed by atoms with Gasteiger partial charge in [-0.15, -0.1) is 5.10 Å². The molecule has 0 saturated carbocycles. The molecule has 2 aromatic carbocycles. The molecule has 3 aromatic rings. The van der Waals surface area contributed by atoms with E-state index in [1.807, 2.05) is 48.5 Å². The lowest BCUT2D eigenvalue weighted by molar-refractivity contribution is -0.139. The summed E-state index contributed by atoms with van der Waals surface area (Å²) in [6.45, 7) is -0.167. The van der Waals surface area contributed by atoms with Crippen molar-refractivity contribution in [3.05, 3.63) is 65.5 Å². The van der Waals surface area contributed by atoms with E-state index in [0.717, 1.165) is 22.3 Å². The number of nitrogens with zero attached hydrogens (tertiary/aromatic N) is 2. The molecule has 0 saturated heterocycles. The molecule has 1 aliphatic carbocycles. The third kappa shape index (κ3) is 4.99. The molecule has 11 heteroatoms. The molecule has 1 aliphatic rings. The van der Waals surface area contributed by atoms with Crippen LogP contribution in [0, 0.1) is 0 Å². The number of hydrogen-bond donors (Lipinski definition) is 5. The first-order valence-corrected chi connectivity index (χ1v) is 10.1. The molecule has 1 atom stereocenters. The number of aliphatic hydroxyl groups is 1. The number of nitrogens with one attached hydrogen (secondary N) is 3. The molecule has 1 heterocycles. The van der Waals surface area contributed by atoms with Gasteiger partial charge in [-0.3, -0.25) is 20.0 Å². The number of carboxylic acid groups (broad SMARTS) is 1. The van der Waals surface area contributed by atoms with Crippen LogP contribution in [0.1, 0.15) is 34.1 Å². The van der Waals surface area contributed by atoms with E-state index in [9.17, 15) is 19.5 Å². The zero-order valence-electron chi connectivity index (χ0n) is 17.3. The number of amides is 2. The third-order valence-electron chi connectivity index (χ3n) is 5.17. The van der Waals surface area contributed by atoms with Gasteiger partial charge in [-0.1, -0.05) is 48.5 Å². The highest BCUT2D eigenvalue weighted by Crippen LogP contribution is 2.44. The molecular formula is C22H21N5O6. The SMILES string of the molecule is O=C(O)CC(O)CNC(=O)c1nc(NC(=O)OCC2c3ccccc3-c3ccccc32)n[nH]1. The smallest absolute Gasteiger partial charge is 0.414 e. The van der Waals surface area contributed by atoms with Crippen LogP contribution in [0.15, 0.2) is 48.5 Å². The fourth-order valence-electron chi connectivity index (χ4n) is 3.71. The van der Waals surface area contributed by atoms with Gasteiger partial charge in [0.2, 0.25) is 5.82 Å². The molecule has 1 unspecified atom stereocenters. The average molecular weight is 451 g/mol. The quantitative estimate of drug-likeness (QED) is 0.345. The van der Waals surface area contributed by atoms with Crippen LogP contribution in [0.4, 0.5) is 10.7 Å². The van der Waals surface area contributed by atoms with Crippen LogP contribution in [0.5, 0.6) is 0 Å². The first-order chi connectivity index (χ1) is 15.9. The summed E-state index contributed by atoms with van der Waals surface area (Å²) in [6.07, 6.45) is -2.53. The van der Waals surface area contributed by atoms with Crippen molar-refractivity contribution in [1.29, 1.82) is 0 Å². The molecule has 0 fully saturated rings. The standard InChI is InChI=1S/C22H21N5O6/c28-12(9-18(29)30)10-23-20(31)19-24-21(27-26-19)25-22(32)33-11-17-15-7-3-1-5-13(15)14-6-2-4-8-16(14)17/h1-8,12,17,28H,9-11H2,(H,23,31)(H,29,30)(H2,24,25,26,27,32). The minimum absolute atomic E-state index is 0.103. The topological polar surface area (TPSA) is 167 Å². The minimum Gasteiger partial charge on any atom is -0.481 e. The van der Waals surface area contributed by atoms with Gasteiger partial charge in [0.15, 0.2) is 0 Å². The Morgan fingerprint density at radius 2 is 1.70 bits per heavy atom. The molecule has 11 nitrogen and oxygen atoms in total. The highest BCUT2D eigenvalue weighted by molar-refractivity contribution is 5.91. The third-order valence-corrected chi connectivity index (χ3v) is 5.17. The van der Waals surface area contributed by atoms with E-state index in [-0.39, 0.29) is 30.8 Å². The second kappa shape index (κ2) is 9.49. The zero-order valence-corrected chi connectivity index (χ0v) is 17.3. The Kier molecular flexibility index (Phi) is 6.31. The van der Waals surface area contributed by atoms with E-state index in [4.69, 9.17) is 9.84 Å². The monoisotopic (exact) mass is 451 g/mol. The summed E-state index contributed by atoms with van der Waals surface area (Å²) in [5, 5.41) is 28.9. The van der Waals surface area contributed by atoms with E-state index in [1.165, 1.54) is 0 Å². The maximum atomic E-state index is 12.3. The van der Waals surface area contributed by atoms with Gasteiger partial charge in [-0.2, -0.15) is 4.98 Å². The van der Waals surface area contributed by atoms with Gasteiger partial charge in [0.05, 0.1) is 12.5 Å². The lowest BCUT2D eigenvalue weighted by atomic mass is 9.98. The molecule has 4 rings (SSSR count). The fraction of sp³-hybridized carbons (Fsp3) is 0.227. The molecule has 1 aromatic heterocycles. The maximum absolute atomic E-state index is 12.3. The largest absolute Gasteiger partial charge is 0.481 e. The minimum atomic E-state index is -1.24. The predicted octanol–water partition coefficient (Wildman–Crippen LogP) is 1.73. The van der Waals surface area contributed by atoms with Crippen LogP contribution in [0.25, 0.3) is 11.1 Å². The molecule has 0 bridgehead atoms. The number of benzene rings is 2. The van der Waals surface area contributed by atoms with E-state index in [0.29, 0.717) is 0 Å². The Hall–Kier alpha value is -4.25. The molecule has 2 amide bonds. The number of carbonyl (C=O) groups excluding carboxylic acids is 2. The van der Waals surface area contributed by atoms with Crippen molar-refractivity contribution in [2.45, 2.75) is 18.4 Å². The van der Waals surface area contributed by atoms with E-state index < -0.39 is 30.5 Å². The van der Waals surface area contributed by atoms with E-state index in [1.54, 1.807) is 0 Å². The van der Waals surface area contributed by atoms with Gasteiger partial charge in [0, 0.05) is 12.5 Å². The van der Waals surface area contributed by atoms with Crippen LogP contribution < -0.4 is 10.6 Å². The van der Waals surface area contributed by atoms with Gasteiger partial charge in [-0.25, -0.2) is 4.79 Å². The number of hydrogen-bond acceptors (Lipinski definition) is 7.